The van der Waals surface area contributed by atoms with Gasteiger partial charge in [0.05, 0.1) is 17.7 Å². The van der Waals surface area contributed by atoms with E-state index in [9.17, 15) is 9.90 Å². The van der Waals surface area contributed by atoms with E-state index in [-0.39, 0.29) is 11.9 Å². The van der Waals surface area contributed by atoms with E-state index in [1.54, 1.807) is 19.3 Å². The second-order valence-electron chi connectivity index (χ2n) is 6.96. The van der Waals surface area contributed by atoms with Crippen molar-refractivity contribution in [3.8, 4) is 0 Å². The lowest BCUT2D eigenvalue weighted by Crippen LogP contribution is -2.44. The fraction of sp³-hybridized carbons (Fsp3) is 0.300. The minimum atomic E-state index is -0.632. The number of benzene rings is 1. The number of carbonyl (C=O) groups is 1. The standard InChI is InChI=1S/C20H19N3O2/c1-11(24)15-9-21-10-16-14(15)8-18-19-13(6-7-23(18)20(16)25)12-4-2-3-5-17(12)22-19/h2-5,9-11,18,22,24H,6-8H2,1H3/t11-,18+/m0/s1. The predicted octanol–water partition coefficient (Wildman–Crippen LogP) is 2.91. The number of hydrogen-bond donors (Lipinski definition) is 2. The Morgan fingerprint density at radius 2 is 2.12 bits per heavy atom. The molecular weight excluding hydrogens is 314 g/mol. The van der Waals surface area contributed by atoms with Gasteiger partial charge in [0.1, 0.15) is 0 Å². The molecule has 2 atom stereocenters. The van der Waals surface area contributed by atoms with E-state index < -0.39 is 6.10 Å². The van der Waals surface area contributed by atoms with Gasteiger partial charge < -0.3 is 15.0 Å². The van der Waals surface area contributed by atoms with Crippen molar-refractivity contribution in [2.45, 2.75) is 31.9 Å². The molecule has 4 heterocycles. The van der Waals surface area contributed by atoms with Gasteiger partial charge in [-0.05, 0) is 37.0 Å². The van der Waals surface area contributed by atoms with Crippen LogP contribution in [-0.2, 0) is 12.8 Å². The van der Waals surface area contributed by atoms with Crippen molar-refractivity contribution in [1.29, 1.82) is 0 Å². The van der Waals surface area contributed by atoms with Crippen molar-refractivity contribution < 1.29 is 9.90 Å². The maximum atomic E-state index is 13.0. The first-order chi connectivity index (χ1) is 12.1. The Balaban J connectivity index is 1.69. The Kier molecular flexibility index (Phi) is 3.03. The smallest absolute Gasteiger partial charge is 0.256 e. The Labute approximate surface area is 145 Å². The number of aromatic amines is 1. The van der Waals surface area contributed by atoms with Crippen LogP contribution in [0.2, 0.25) is 0 Å². The first-order valence-corrected chi connectivity index (χ1v) is 8.70. The summed E-state index contributed by atoms with van der Waals surface area (Å²) in [5.74, 6) is 0.0190. The van der Waals surface area contributed by atoms with Gasteiger partial charge in [-0.15, -0.1) is 0 Å². The Morgan fingerprint density at radius 1 is 1.28 bits per heavy atom. The molecule has 0 saturated heterocycles. The number of amides is 1. The zero-order chi connectivity index (χ0) is 17.1. The lowest BCUT2D eigenvalue weighted by Gasteiger charge is -2.40. The van der Waals surface area contributed by atoms with Crippen LogP contribution in [-0.4, -0.2) is 32.4 Å². The van der Waals surface area contributed by atoms with Crippen LogP contribution >= 0.6 is 0 Å². The minimum Gasteiger partial charge on any atom is -0.389 e. The lowest BCUT2D eigenvalue weighted by molar-refractivity contribution is 0.0624. The number of H-pyrrole nitrogens is 1. The second-order valence-corrected chi connectivity index (χ2v) is 6.96. The molecule has 3 aromatic rings. The molecule has 2 aromatic heterocycles. The zero-order valence-electron chi connectivity index (χ0n) is 14.0. The van der Waals surface area contributed by atoms with Crippen molar-refractivity contribution in [2.24, 2.45) is 0 Å². The number of aliphatic hydroxyl groups excluding tert-OH is 1. The monoisotopic (exact) mass is 333 g/mol. The molecular formula is C20H19N3O2. The second kappa shape index (κ2) is 5.17. The normalized spacial score (nSPS) is 20.2. The van der Waals surface area contributed by atoms with Crippen LogP contribution < -0.4 is 0 Å². The van der Waals surface area contributed by atoms with E-state index in [4.69, 9.17) is 0 Å². The van der Waals surface area contributed by atoms with Crippen LogP contribution in [0.4, 0.5) is 0 Å². The van der Waals surface area contributed by atoms with Crippen molar-refractivity contribution in [3.63, 3.8) is 0 Å². The molecule has 2 N–H and O–H groups in total. The Hall–Kier alpha value is -2.66. The fourth-order valence-corrected chi connectivity index (χ4v) is 4.40. The molecule has 0 saturated carbocycles. The summed E-state index contributed by atoms with van der Waals surface area (Å²) in [6, 6.07) is 8.31. The van der Waals surface area contributed by atoms with Gasteiger partial charge >= 0.3 is 0 Å². The molecule has 2 aliphatic heterocycles. The van der Waals surface area contributed by atoms with Gasteiger partial charge in [-0.1, -0.05) is 18.2 Å². The Bertz CT molecular complexity index is 1010. The summed E-state index contributed by atoms with van der Waals surface area (Å²) in [5.41, 5.74) is 5.91. The molecule has 5 heteroatoms. The number of para-hydroxylation sites is 1. The van der Waals surface area contributed by atoms with E-state index in [1.807, 2.05) is 11.0 Å². The number of fused-ring (bicyclic) bond motifs is 6. The number of aliphatic hydroxyl groups is 1. The molecule has 126 valence electrons. The summed E-state index contributed by atoms with van der Waals surface area (Å²) in [7, 11) is 0. The highest BCUT2D eigenvalue weighted by molar-refractivity contribution is 5.98. The number of nitrogens with one attached hydrogen (secondary N) is 1. The molecule has 0 radical (unpaired) electrons. The summed E-state index contributed by atoms with van der Waals surface area (Å²) in [4.78, 5) is 22.7. The van der Waals surface area contributed by atoms with E-state index in [0.29, 0.717) is 12.0 Å². The SMILES string of the molecule is C[C@H](O)c1cncc2c1C[C@@H]1c3[nH]c4ccccc4c3CCN1C2=O. The summed E-state index contributed by atoms with van der Waals surface area (Å²) in [6.07, 6.45) is 4.26. The highest BCUT2D eigenvalue weighted by Crippen LogP contribution is 2.41. The van der Waals surface area contributed by atoms with Crippen LogP contribution in [0.3, 0.4) is 0 Å². The average molecular weight is 333 g/mol. The zero-order valence-corrected chi connectivity index (χ0v) is 14.0. The number of nitrogens with zero attached hydrogens (tertiary/aromatic N) is 2. The third-order valence-electron chi connectivity index (χ3n) is 5.59. The van der Waals surface area contributed by atoms with E-state index >= 15 is 0 Å². The quantitative estimate of drug-likeness (QED) is 0.719. The maximum absolute atomic E-state index is 13.0. The van der Waals surface area contributed by atoms with Gasteiger partial charge in [0.2, 0.25) is 0 Å². The van der Waals surface area contributed by atoms with E-state index in [1.165, 1.54) is 10.9 Å². The number of hydrogen-bond acceptors (Lipinski definition) is 3. The van der Waals surface area contributed by atoms with Gasteiger partial charge in [-0.3, -0.25) is 9.78 Å². The average Bonchev–Trinajstić information content (AvgIpc) is 3.00. The summed E-state index contributed by atoms with van der Waals surface area (Å²) >= 11 is 0. The van der Waals surface area contributed by atoms with Crippen LogP contribution in [0.15, 0.2) is 36.7 Å². The van der Waals surface area contributed by atoms with Gasteiger partial charge in [-0.2, -0.15) is 0 Å². The molecule has 1 amide bonds. The highest BCUT2D eigenvalue weighted by Gasteiger charge is 2.39. The molecule has 0 bridgehead atoms. The number of carbonyl (C=O) groups excluding carboxylic acids is 1. The first kappa shape index (κ1) is 14.7. The third-order valence-corrected chi connectivity index (χ3v) is 5.59. The number of pyridine rings is 1. The highest BCUT2D eigenvalue weighted by atomic mass is 16.3. The van der Waals surface area contributed by atoms with Crippen molar-refractivity contribution in [1.82, 2.24) is 14.9 Å². The largest absolute Gasteiger partial charge is 0.389 e. The molecule has 1 aromatic carbocycles. The number of rotatable bonds is 1. The molecule has 5 rings (SSSR count). The van der Waals surface area contributed by atoms with Crippen molar-refractivity contribution in [3.05, 3.63) is 64.6 Å². The van der Waals surface area contributed by atoms with E-state index in [2.05, 4.69) is 28.2 Å². The van der Waals surface area contributed by atoms with Crippen molar-refractivity contribution >= 4 is 16.8 Å². The predicted molar refractivity (Wildman–Crippen MR) is 94.4 cm³/mol. The summed E-state index contributed by atoms with van der Waals surface area (Å²) in [5, 5.41) is 11.3. The van der Waals surface area contributed by atoms with Gasteiger partial charge in [-0.25, -0.2) is 0 Å². The van der Waals surface area contributed by atoms with Crippen LogP contribution in [0.1, 0.15) is 51.8 Å². The molecule has 0 spiro atoms. The molecule has 0 unspecified atom stereocenters. The van der Waals surface area contributed by atoms with Crippen LogP contribution in [0.25, 0.3) is 10.9 Å². The summed E-state index contributed by atoms with van der Waals surface area (Å²) < 4.78 is 0. The molecule has 2 aliphatic rings. The minimum absolute atomic E-state index is 0.00366. The van der Waals surface area contributed by atoms with Crippen LogP contribution in [0, 0.1) is 0 Å². The fourth-order valence-electron chi connectivity index (χ4n) is 4.40. The first-order valence-electron chi connectivity index (χ1n) is 8.70. The van der Waals surface area contributed by atoms with Gasteiger partial charge in [0, 0.05) is 41.1 Å². The van der Waals surface area contributed by atoms with E-state index in [0.717, 1.165) is 35.3 Å². The molecule has 5 nitrogen and oxygen atoms in total. The lowest BCUT2D eigenvalue weighted by atomic mass is 9.85. The molecule has 25 heavy (non-hydrogen) atoms. The van der Waals surface area contributed by atoms with Gasteiger partial charge in [0.25, 0.3) is 5.91 Å². The van der Waals surface area contributed by atoms with Crippen molar-refractivity contribution in [2.75, 3.05) is 6.54 Å². The number of aromatic nitrogens is 2. The maximum Gasteiger partial charge on any atom is 0.256 e. The van der Waals surface area contributed by atoms with Gasteiger partial charge in [0.15, 0.2) is 0 Å². The topological polar surface area (TPSA) is 69.2 Å². The third kappa shape index (κ3) is 1.99. The molecule has 0 aliphatic carbocycles. The summed E-state index contributed by atoms with van der Waals surface area (Å²) in [6.45, 7) is 2.44. The van der Waals surface area contributed by atoms with Crippen LogP contribution in [0.5, 0.6) is 0 Å². The molecule has 0 fully saturated rings. The Morgan fingerprint density at radius 3 is 2.96 bits per heavy atom.